The summed E-state index contributed by atoms with van der Waals surface area (Å²) in [6.45, 7) is 3.82. The van der Waals surface area contributed by atoms with Gasteiger partial charge in [0.05, 0.1) is 24.0 Å². The molecule has 1 N–H and O–H groups in total. The molecule has 0 radical (unpaired) electrons. The lowest BCUT2D eigenvalue weighted by Crippen LogP contribution is -2.13. The van der Waals surface area contributed by atoms with E-state index in [9.17, 15) is 9.59 Å². The molecule has 2 heterocycles. The van der Waals surface area contributed by atoms with E-state index in [1.54, 1.807) is 19.9 Å². The van der Waals surface area contributed by atoms with Crippen molar-refractivity contribution in [3.63, 3.8) is 0 Å². The van der Waals surface area contributed by atoms with Gasteiger partial charge >= 0.3 is 5.97 Å². The second-order valence-corrected chi connectivity index (χ2v) is 5.46. The van der Waals surface area contributed by atoms with Gasteiger partial charge < -0.3 is 10.1 Å². The number of nitrogens with zero attached hydrogens (tertiary/aromatic N) is 2. The van der Waals surface area contributed by atoms with Crippen molar-refractivity contribution < 1.29 is 14.3 Å². The molecule has 6 nitrogen and oxygen atoms in total. The van der Waals surface area contributed by atoms with Crippen molar-refractivity contribution >= 4 is 39.8 Å². The van der Waals surface area contributed by atoms with E-state index in [0.717, 1.165) is 16.9 Å². The summed E-state index contributed by atoms with van der Waals surface area (Å²) in [5.41, 5.74) is 0.888. The van der Waals surface area contributed by atoms with Gasteiger partial charge in [-0.2, -0.15) is 0 Å². The highest BCUT2D eigenvalue weighted by Crippen LogP contribution is 2.27. The number of thiophene rings is 1. The quantitative estimate of drug-likeness (QED) is 0.874. The van der Waals surface area contributed by atoms with E-state index in [0.29, 0.717) is 16.5 Å². The molecule has 0 spiro atoms. The summed E-state index contributed by atoms with van der Waals surface area (Å²) >= 11 is 6.76. The standard InChI is InChI=1S/C13H12ClN3O3S/c1-3-20-13(19)11-7(2)4-10(21-11)17-12(18)8-5-16-9(14)6-15-8/h4-6H,3H2,1-2H3,(H,17,18). The summed E-state index contributed by atoms with van der Waals surface area (Å²) in [7, 11) is 0. The van der Waals surface area contributed by atoms with E-state index in [2.05, 4.69) is 15.3 Å². The van der Waals surface area contributed by atoms with E-state index in [4.69, 9.17) is 16.3 Å². The zero-order valence-electron chi connectivity index (χ0n) is 11.3. The zero-order chi connectivity index (χ0) is 15.4. The predicted octanol–water partition coefficient (Wildman–Crippen LogP) is 2.93. The summed E-state index contributed by atoms with van der Waals surface area (Å²) in [6, 6.07) is 1.71. The third kappa shape index (κ3) is 3.77. The molecule has 0 aliphatic carbocycles. The molecule has 2 aromatic heterocycles. The van der Waals surface area contributed by atoms with Gasteiger partial charge in [-0.05, 0) is 25.5 Å². The fourth-order valence-electron chi connectivity index (χ4n) is 1.55. The molecule has 2 rings (SSSR count). The van der Waals surface area contributed by atoms with E-state index in [-0.39, 0.29) is 10.8 Å². The molecule has 0 aliphatic heterocycles. The number of aryl methyl sites for hydroxylation is 1. The highest BCUT2D eigenvalue weighted by Gasteiger charge is 2.16. The highest BCUT2D eigenvalue weighted by molar-refractivity contribution is 7.18. The van der Waals surface area contributed by atoms with Crippen molar-refractivity contribution in [3.8, 4) is 0 Å². The van der Waals surface area contributed by atoms with Gasteiger partial charge in [0.25, 0.3) is 5.91 Å². The van der Waals surface area contributed by atoms with E-state index >= 15 is 0 Å². The molecule has 21 heavy (non-hydrogen) atoms. The summed E-state index contributed by atoms with van der Waals surface area (Å²) in [6.07, 6.45) is 2.57. The Bertz CT molecular complexity index is 670. The number of hydrogen-bond donors (Lipinski definition) is 1. The van der Waals surface area contributed by atoms with Crippen molar-refractivity contribution in [1.29, 1.82) is 0 Å². The van der Waals surface area contributed by atoms with Crippen LogP contribution >= 0.6 is 22.9 Å². The SMILES string of the molecule is CCOC(=O)c1sc(NC(=O)c2cnc(Cl)cn2)cc1C. The van der Waals surface area contributed by atoms with Crippen LogP contribution in [0.5, 0.6) is 0 Å². The molecule has 110 valence electrons. The Balaban J connectivity index is 2.13. The van der Waals surface area contributed by atoms with Crippen molar-refractivity contribution in [2.24, 2.45) is 0 Å². The van der Waals surface area contributed by atoms with Crippen LogP contribution in [-0.4, -0.2) is 28.5 Å². The number of esters is 1. The Morgan fingerprint density at radius 2 is 2.14 bits per heavy atom. The predicted molar refractivity (Wildman–Crippen MR) is 80.0 cm³/mol. The van der Waals surface area contributed by atoms with Crippen LogP contribution in [0.2, 0.25) is 5.15 Å². The largest absolute Gasteiger partial charge is 0.462 e. The second-order valence-electron chi connectivity index (χ2n) is 4.02. The van der Waals surface area contributed by atoms with E-state index in [1.807, 2.05) is 0 Å². The zero-order valence-corrected chi connectivity index (χ0v) is 12.9. The maximum atomic E-state index is 12.0. The third-order valence-electron chi connectivity index (χ3n) is 2.47. The Kier molecular flexibility index (Phi) is 4.87. The van der Waals surface area contributed by atoms with Crippen LogP contribution in [0.4, 0.5) is 5.00 Å². The molecule has 0 saturated carbocycles. The first-order valence-electron chi connectivity index (χ1n) is 6.07. The molecule has 8 heteroatoms. The molecule has 1 amide bonds. The Labute approximate surface area is 130 Å². The Morgan fingerprint density at radius 1 is 1.38 bits per heavy atom. The summed E-state index contributed by atoms with van der Waals surface area (Å²) in [5, 5.41) is 3.41. The van der Waals surface area contributed by atoms with Gasteiger partial charge in [-0.25, -0.2) is 14.8 Å². The molecule has 2 aromatic rings. The van der Waals surface area contributed by atoms with Gasteiger partial charge in [0, 0.05) is 0 Å². The van der Waals surface area contributed by atoms with Gasteiger partial charge in [0.15, 0.2) is 0 Å². The van der Waals surface area contributed by atoms with Crippen LogP contribution in [-0.2, 0) is 4.74 Å². The molecule has 0 unspecified atom stereocenters. The number of ether oxygens (including phenoxy) is 1. The summed E-state index contributed by atoms with van der Waals surface area (Å²) < 4.78 is 4.95. The monoisotopic (exact) mass is 325 g/mol. The minimum Gasteiger partial charge on any atom is -0.462 e. The van der Waals surface area contributed by atoms with E-state index < -0.39 is 11.9 Å². The summed E-state index contributed by atoms with van der Waals surface area (Å²) in [4.78, 5) is 31.8. The van der Waals surface area contributed by atoms with Gasteiger partial charge in [0.1, 0.15) is 15.7 Å². The van der Waals surface area contributed by atoms with Crippen molar-refractivity contribution in [2.75, 3.05) is 11.9 Å². The maximum Gasteiger partial charge on any atom is 0.348 e. The number of amides is 1. The minimum atomic E-state index is -0.421. The van der Waals surface area contributed by atoms with Crippen LogP contribution in [0.15, 0.2) is 18.5 Å². The molecule has 0 aromatic carbocycles. The topological polar surface area (TPSA) is 81.2 Å². The second kappa shape index (κ2) is 6.64. The van der Waals surface area contributed by atoms with Crippen molar-refractivity contribution in [1.82, 2.24) is 9.97 Å². The fraction of sp³-hybridized carbons (Fsp3) is 0.231. The number of carbonyl (C=O) groups excluding carboxylic acids is 2. The van der Waals surface area contributed by atoms with Crippen LogP contribution in [0.25, 0.3) is 0 Å². The maximum absolute atomic E-state index is 12.0. The first-order chi connectivity index (χ1) is 10.0. The van der Waals surface area contributed by atoms with Crippen molar-refractivity contribution in [2.45, 2.75) is 13.8 Å². The average Bonchev–Trinajstić information content (AvgIpc) is 2.80. The average molecular weight is 326 g/mol. The lowest BCUT2D eigenvalue weighted by Gasteiger charge is -2.01. The molecule has 0 atom stereocenters. The number of halogens is 1. The van der Waals surface area contributed by atoms with Gasteiger partial charge in [-0.15, -0.1) is 11.3 Å². The molecule has 0 fully saturated rings. The number of rotatable bonds is 4. The molecule has 0 bridgehead atoms. The number of carbonyl (C=O) groups is 2. The first-order valence-corrected chi connectivity index (χ1v) is 7.27. The molecule has 0 aliphatic rings. The van der Waals surface area contributed by atoms with Gasteiger partial charge in [-0.1, -0.05) is 11.6 Å². The van der Waals surface area contributed by atoms with Crippen molar-refractivity contribution in [3.05, 3.63) is 39.7 Å². The Hall–Kier alpha value is -1.99. The van der Waals surface area contributed by atoms with Crippen LogP contribution in [0, 0.1) is 6.92 Å². The van der Waals surface area contributed by atoms with Gasteiger partial charge in [0.2, 0.25) is 0 Å². The molecular weight excluding hydrogens is 314 g/mol. The normalized spacial score (nSPS) is 10.2. The molecular formula is C13H12ClN3O3S. The minimum absolute atomic E-state index is 0.142. The van der Waals surface area contributed by atoms with Crippen LogP contribution in [0.1, 0.15) is 32.6 Å². The summed E-state index contributed by atoms with van der Waals surface area (Å²) in [5.74, 6) is -0.817. The molecule has 0 saturated heterocycles. The number of hydrogen-bond acceptors (Lipinski definition) is 6. The third-order valence-corrected chi connectivity index (χ3v) is 3.80. The first kappa shape index (κ1) is 15.4. The highest BCUT2D eigenvalue weighted by atomic mass is 35.5. The fourth-order valence-corrected chi connectivity index (χ4v) is 2.61. The van der Waals surface area contributed by atoms with E-state index in [1.165, 1.54) is 12.4 Å². The van der Waals surface area contributed by atoms with Gasteiger partial charge in [-0.3, -0.25) is 4.79 Å². The lowest BCUT2D eigenvalue weighted by atomic mass is 10.3. The number of anilines is 1. The van der Waals surface area contributed by atoms with Crippen LogP contribution < -0.4 is 5.32 Å². The van der Waals surface area contributed by atoms with Crippen LogP contribution in [0.3, 0.4) is 0 Å². The Morgan fingerprint density at radius 3 is 2.76 bits per heavy atom. The number of aromatic nitrogens is 2. The smallest absolute Gasteiger partial charge is 0.348 e. The number of nitrogens with one attached hydrogen (secondary N) is 1. The lowest BCUT2D eigenvalue weighted by molar-refractivity contribution is 0.0531.